The second-order valence-electron chi connectivity index (χ2n) is 6.51. The number of rotatable bonds is 6. The van der Waals surface area contributed by atoms with Crippen LogP contribution in [0.3, 0.4) is 0 Å². The van der Waals surface area contributed by atoms with Gasteiger partial charge in [-0.05, 0) is 49.4 Å². The highest BCUT2D eigenvalue weighted by molar-refractivity contribution is 7.22. The van der Waals surface area contributed by atoms with Crippen LogP contribution in [0, 0.1) is 6.92 Å². The lowest BCUT2D eigenvalue weighted by Gasteiger charge is -2.19. The molecule has 146 valence electrons. The summed E-state index contributed by atoms with van der Waals surface area (Å²) in [5.74, 6) is 0.458. The van der Waals surface area contributed by atoms with Gasteiger partial charge in [0.1, 0.15) is 5.75 Å². The number of ether oxygens (including phenoxy) is 1. The third-order valence-corrected chi connectivity index (χ3v) is 5.58. The number of aryl methyl sites for hydroxylation is 1. The molecule has 0 radical (unpaired) electrons. The lowest BCUT2D eigenvalue weighted by atomic mass is 10.2. The number of hydrogen-bond acceptors (Lipinski definition) is 5. The standard InChI is InChI=1S/C22H18ClN3O2S/c1-15-5-8-18(9-6-15)28-14-21(27)26(13-17-4-2-3-11-24-17)22-25-19-10-7-16(23)12-20(19)29-22/h2-12H,13-14H2,1H3. The Labute approximate surface area is 177 Å². The van der Waals surface area contributed by atoms with Gasteiger partial charge in [-0.15, -0.1) is 0 Å². The minimum Gasteiger partial charge on any atom is -0.484 e. The molecule has 0 aliphatic heterocycles. The Hall–Kier alpha value is -2.96. The molecule has 1 amide bonds. The Morgan fingerprint density at radius 1 is 1.14 bits per heavy atom. The smallest absolute Gasteiger partial charge is 0.267 e. The first-order chi connectivity index (χ1) is 14.1. The molecule has 0 saturated heterocycles. The van der Waals surface area contributed by atoms with Gasteiger partial charge in [0.25, 0.3) is 5.91 Å². The number of fused-ring (bicyclic) bond motifs is 1. The monoisotopic (exact) mass is 423 g/mol. The number of anilines is 1. The molecule has 0 unspecified atom stereocenters. The number of hydrogen-bond donors (Lipinski definition) is 0. The molecule has 0 saturated carbocycles. The molecule has 29 heavy (non-hydrogen) atoms. The van der Waals surface area contributed by atoms with Crippen molar-refractivity contribution in [3.63, 3.8) is 0 Å². The summed E-state index contributed by atoms with van der Waals surface area (Å²) in [7, 11) is 0. The molecular formula is C22H18ClN3O2S. The van der Waals surface area contributed by atoms with Crippen LogP contribution in [0.25, 0.3) is 10.2 Å². The molecule has 2 aromatic heterocycles. The highest BCUT2D eigenvalue weighted by atomic mass is 35.5. The summed E-state index contributed by atoms with van der Waals surface area (Å²) < 4.78 is 6.62. The average molecular weight is 424 g/mol. The van der Waals surface area contributed by atoms with Gasteiger partial charge in [-0.25, -0.2) is 4.98 Å². The predicted octanol–water partition coefficient (Wildman–Crippen LogP) is 5.27. The van der Waals surface area contributed by atoms with E-state index in [1.165, 1.54) is 11.3 Å². The topological polar surface area (TPSA) is 55.3 Å². The number of nitrogens with zero attached hydrogens (tertiary/aromatic N) is 3. The molecule has 0 fully saturated rings. The molecule has 0 N–H and O–H groups in total. The third kappa shape index (κ3) is 4.72. The fraction of sp³-hybridized carbons (Fsp3) is 0.136. The maximum Gasteiger partial charge on any atom is 0.267 e. The fourth-order valence-corrected chi connectivity index (χ4v) is 4.03. The zero-order valence-corrected chi connectivity index (χ0v) is 17.3. The molecule has 0 spiro atoms. The molecule has 2 heterocycles. The molecule has 4 aromatic rings. The van der Waals surface area contributed by atoms with Crippen LogP contribution in [0.4, 0.5) is 5.13 Å². The number of amides is 1. The van der Waals surface area contributed by atoms with Gasteiger partial charge in [-0.2, -0.15) is 0 Å². The van der Waals surface area contributed by atoms with Crippen molar-refractivity contribution in [3.05, 3.63) is 83.1 Å². The van der Waals surface area contributed by atoms with Gasteiger partial charge < -0.3 is 4.74 Å². The SMILES string of the molecule is Cc1ccc(OCC(=O)N(Cc2ccccn2)c2nc3ccc(Cl)cc3s2)cc1. The van der Waals surface area contributed by atoms with E-state index in [4.69, 9.17) is 16.3 Å². The van der Waals surface area contributed by atoms with Crippen molar-refractivity contribution in [2.45, 2.75) is 13.5 Å². The number of pyridine rings is 1. The van der Waals surface area contributed by atoms with E-state index < -0.39 is 0 Å². The van der Waals surface area contributed by atoms with Gasteiger partial charge >= 0.3 is 0 Å². The molecule has 0 bridgehead atoms. The van der Waals surface area contributed by atoms with E-state index >= 15 is 0 Å². The lowest BCUT2D eigenvalue weighted by molar-refractivity contribution is -0.120. The van der Waals surface area contributed by atoms with Crippen LogP contribution in [-0.2, 0) is 11.3 Å². The van der Waals surface area contributed by atoms with Crippen molar-refractivity contribution in [2.75, 3.05) is 11.5 Å². The highest BCUT2D eigenvalue weighted by Gasteiger charge is 2.21. The number of carbonyl (C=O) groups is 1. The first kappa shape index (κ1) is 19.4. The summed E-state index contributed by atoms with van der Waals surface area (Å²) in [4.78, 5) is 23.6. The quantitative estimate of drug-likeness (QED) is 0.424. The van der Waals surface area contributed by atoms with E-state index in [0.29, 0.717) is 22.4 Å². The van der Waals surface area contributed by atoms with Crippen LogP contribution >= 0.6 is 22.9 Å². The molecule has 0 aliphatic carbocycles. The van der Waals surface area contributed by atoms with Crippen molar-refractivity contribution >= 4 is 44.2 Å². The summed E-state index contributed by atoms with van der Waals surface area (Å²) in [6.45, 7) is 2.22. The maximum atomic E-state index is 13.0. The van der Waals surface area contributed by atoms with Crippen LogP contribution in [0.15, 0.2) is 66.9 Å². The number of benzene rings is 2. The van der Waals surface area contributed by atoms with E-state index in [9.17, 15) is 4.79 Å². The molecule has 5 nitrogen and oxygen atoms in total. The molecule has 2 aromatic carbocycles. The van der Waals surface area contributed by atoms with Crippen LogP contribution in [0.2, 0.25) is 5.02 Å². The number of carbonyl (C=O) groups excluding carboxylic acids is 1. The zero-order chi connectivity index (χ0) is 20.2. The fourth-order valence-electron chi connectivity index (χ4n) is 2.78. The van der Waals surface area contributed by atoms with Crippen LogP contribution in [0.5, 0.6) is 5.75 Å². The first-order valence-electron chi connectivity index (χ1n) is 9.04. The number of aromatic nitrogens is 2. The maximum absolute atomic E-state index is 13.0. The average Bonchev–Trinajstić information content (AvgIpc) is 3.15. The summed E-state index contributed by atoms with van der Waals surface area (Å²) >= 11 is 7.51. The number of halogens is 1. The molecule has 0 aliphatic rings. The van der Waals surface area contributed by atoms with Gasteiger partial charge in [-0.1, -0.05) is 46.7 Å². The summed E-state index contributed by atoms with van der Waals surface area (Å²) in [5, 5.41) is 1.23. The Kier molecular flexibility index (Phi) is 5.74. The van der Waals surface area contributed by atoms with Crippen molar-refractivity contribution in [1.29, 1.82) is 0 Å². The van der Waals surface area contributed by atoms with E-state index in [1.54, 1.807) is 17.2 Å². The van der Waals surface area contributed by atoms with Gasteiger partial charge in [0, 0.05) is 11.2 Å². The van der Waals surface area contributed by atoms with Crippen molar-refractivity contribution in [1.82, 2.24) is 9.97 Å². The lowest BCUT2D eigenvalue weighted by Crippen LogP contribution is -2.34. The van der Waals surface area contributed by atoms with Crippen LogP contribution in [0.1, 0.15) is 11.3 Å². The van der Waals surface area contributed by atoms with Crippen LogP contribution < -0.4 is 9.64 Å². The predicted molar refractivity (Wildman–Crippen MR) is 117 cm³/mol. The van der Waals surface area contributed by atoms with Crippen molar-refractivity contribution in [3.8, 4) is 5.75 Å². The Balaban J connectivity index is 1.59. The van der Waals surface area contributed by atoms with E-state index in [2.05, 4.69) is 9.97 Å². The minimum absolute atomic E-state index is 0.0907. The van der Waals surface area contributed by atoms with Crippen molar-refractivity contribution < 1.29 is 9.53 Å². The Morgan fingerprint density at radius 3 is 2.72 bits per heavy atom. The summed E-state index contributed by atoms with van der Waals surface area (Å²) in [5.41, 5.74) is 2.70. The minimum atomic E-state index is -0.193. The zero-order valence-electron chi connectivity index (χ0n) is 15.7. The second-order valence-corrected chi connectivity index (χ2v) is 7.96. The summed E-state index contributed by atoms with van der Waals surface area (Å²) in [6, 6.07) is 18.7. The highest BCUT2D eigenvalue weighted by Crippen LogP contribution is 2.31. The Bertz CT molecular complexity index is 1130. The molecule has 4 rings (SSSR count). The number of thiazole rings is 1. The molecular weight excluding hydrogens is 406 g/mol. The largest absolute Gasteiger partial charge is 0.484 e. The second kappa shape index (κ2) is 8.59. The normalized spacial score (nSPS) is 10.8. The van der Waals surface area contributed by atoms with Gasteiger partial charge in [-0.3, -0.25) is 14.7 Å². The molecule has 7 heteroatoms. The van der Waals surface area contributed by atoms with Gasteiger partial charge in [0.2, 0.25) is 0 Å². The van der Waals surface area contributed by atoms with E-state index in [1.807, 2.05) is 61.5 Å². The first-order valence-corrected chi connectivity index (χ1v) is 10.2. The van der Waals surface area contributed by atoms with Crippen molar-refractivity contribution in [2.24, 2.45) is 0 Å². The Morgan fingerprint density at radius 2 is 1.97 bits per heavy atom. The third-order valence-electron chi connectivity index (χ3n) is 4.30. The van der Waals surface area contributed by atoms with E-state index in [0.717, 1.165) is 21.5 Å². The van der Waals surface area contributed by atoms with E-state index in [-0.39, 0.29) is 12.5 Å². The van der Waals surface area contributed by atoms with Gasteiger partial charge in [0.15, 0.2) is 11.7 Å². The van der Waals surface area contributed by atoms with Crippen LogP contribution in [-0.4, -0.2) is 22.5 Å². The molecule has 0 atom stereocenters. The van der Waals surface area contributed by atoms with Gasteiger partial charge in [0.05, 0.1) is 22.5 Å². The summed E-state index contributed by atoms with van der Waals surface area (Å²) in [6.07, 6.45) is 1.71.